The van der Waals surface area contributed by atoms with E-state index in [9.17, 15) is 9.90 Å². The summed E-state index contributed by atoms with van der Waals surface area (Å²) in [4.78, 5) is 9.55. The van der Waals surface area contributed by atoms with Crippen LogP contribution < -0.4 is 34.7 Å². The second kappa shape index (κ2) is 7.56. The third kappa shape index (κ3) is 9.75. The maximum atomic E-state index is 9.55. The molecule has 0 unspecified atom stereocenters. The molecule has 0 N–H and O–H groups in total. The van der Waals surface area contributed by atoms with E-state index in [0.717, 1.165) is 6.08 Å². The Balaban J connectivity index is 0. The quantitative estimate of drug-likeness (QED) is 0.297. The van der Waals surface area contributed by atoms with E-state index in [-0.39, 0.29) is 29.6 Å². The van der Waals surface area contributed by atoms with Crippen molar-refractivity contribution in [1.82, 2.24) is 0 Å². The molecule has 0 atom stereocenters. The first-order chi connectivity index (χ1) is 3.27. The summed E-state index contributed by atoms with van der Waals surface area (Å²) in [5.41, 5.74) is 0. The Hall–Kier alpha value is 0.560. The Morgan fingerprint density at radius 1 is 1.75 bits per heavy atom. The monoisotopic (exact) mass is 140 g/mol. The van der Waals surface area contributed by atoms with Gasteiger partial charge in [-0.15, -0.1) is 11.8 Å². The van der Waals surface area contributed by atoms with E-state index in [2.05, 4.69) is 0 Å². The van der Waals surface area contributed by atoms with Crippen LogP contribution in [0.2, 0.25) is 0 Å². The van der Waals surface area contributed by atoms with Crippen LogP contribution in [0.4, 0.5) is 0 Å². The second-order valence-electron chi connectivity index (χ2n) is 0.857. The van der Waals surface area contributed by atoms with Gasteiger partial charge in [-0.3, -0.25) is 0 Å². The SMILES string of the molecule is CS/C=C/C(=O)[O-].[Na+]. The summed E-state index contributed by atoms with van der Waals surface area (Å²) >= 11 is 1.33. The number of carboxylic acid groups (broad SMARTS) is 1. The number of aliphatic carboxylic acids is 1. The van der Waals surface area contributed by atoms with Crippen LogP contribution in [0.3, 0.4) is 0 Å². The molecule has 0 heterocycles. The standard InChI is InChI=1S/C4H6O2S.Na/c1-7-3-2-4(5)6;/h2-3H,1H3,(H,5,6);/q;+1/p-1/b3-2+;. The van der Waals surface area contributed by atoms with Gasteiger partial charge in [0.15, 0.2) is 0 Å². The summed E-state index contributed by atoms with van der Waals surface area (Å²) < 4.78 is 0. The smallest absolute Gasteiger partial charge is 0.545 e. The largest absolute Gasteiger partial charge is 1.00 e. The predicted molar refractivity (Wildman–Crippen MR) is 27.7 cm³/mol. The van der Waals surface area contributed by atoms with E-state index in [1.54, 1.807) is 6.26 Å². The Morgan fingerprint density at radius 3 is 2.38 bits per heavy atom. The van der Waals surface area contributed by atoms with Crippen molar-refractivity contribution in [3.63, 3.8) is 0 Å². The van der Waals surface area contributed by atoms with Gasteiger partial charge in [0, 0.05) is 0 Å². The molecule has 8 heavy (non-hydrogen) atoms. The number of hydrogen-bond acceptors (Lipinski definition) is 3. The fraction of sp³-hybridized carbons (Fsp3) is 0.250. The molecule has 0 saturated carbocycles. The zero-order chi connectivity index (χ0) is 5.70. The molecular formula is C4H5NaO2S. The number of rotatable bonds is 2. The molecular weight excluding hydrogens is 135 g/mol. The molecule has 4 heteroatoms. The molecule has 40 valence electrons. The van der Waals surface area contributed by atoms with Crippen LogP contribution in [-0.4, -0.2) is 12.2 Å². The zero-order valence-corrected chi connectivity index (χ0v) is 7.70. The third-order valence-electron chi connectivity index (χ3n) is 0.340. The minimum Gasteiger partial charge on any atom is -0.545 e. The fourth-order valence-electron chi connectivity index (χ4n) is 0.124. The number of carboxylic acids is 1. The molecule has 0 aliphatic rings. The van der Waals surface area contributed by atoms with Gasteiger partial charge in [0.2, 0.25) is 0 Å². The average molecular weight is 140 g/mol. The van der Waals surface area contributed by atoms with Crippen LogP contribution in [0.1, 0.15) is 0 Å². The summed E-state index contributed by atoms with van der Waals surface area (Å²) in [6.07, 6.45) is 2.77. The number of carbonyl (C=O) groups excluding carboxylic acids is 1. The van der Waals surface area contributed by atoms with Gasteiger partial charge in [-0.2, -0.15) is 0 Å². The van der Waals surface area contributed by atoms with Crippen molar-refractivity contribution in [2.45, 2.75) is 0 Å². The van der Waals surface area contributed by atoms with Crippen LogP contribution in [0.25, 0.3) is 0 Å². The minimum atomic E-state index is -1.14. The van der Waals surface area contributed by atoms with E-state index >= 15 is 0 Å². The molecule has 0 spiro atoms. The zero-order valence-electron chi connectivity index (χ0n) is 4.88. The second-order valence-corrected chi connectivity index (χ2v) is 1.60. The molecule has 0 amide bonds. The van der Waals surface area contributed by atoms with Crippen LogP contribution in [-0.2, 0) is 4.79 Å². The number of carbonyl (C=O) groups is 1. The van der Waals surface area contributed by atoms with E-state index in [4.69, 9.17) is 0 Å². The molecule has 0 bridgehead atoms. The van der Waals surface area contributed by atoms with E-state index in [1.165, 1.54) is 17.2 Å². The molecule has 0 radical (unpaired) electrons. The normalized spacial score (nSPS) is 8.62. The van der Waals surface area contributed by atoms with Crippen molar-refractivity contribution >= 4 is 17.7 Å². The maximum absolute atomic E-state index is 9.55. The van der Waals surface area contributed by atoms with Gasteiger partial charge in [-0.25, -0.2) is 0 Å². The Kier molecular flexibility index (Phi) is 10.7. The van der Waals surface area contributed by atoms with E-state index in [1.807, 2.05) is 0 Å². The molecule has 0 aliphatic carbocycles. The van der Waals surface area contributed by atoms with Crippen molar-refractivity contribution in [3.8, 4) is 0 Å². The van der Waals surface area contributed by atoms with Crippen molar-refractivity contribution in [3.05, 3.63) is 11.5 Å². The molecule has 0 saturated heterocycles. The van der Waals surface area contributed by atoms with Crippen LogP contribution >= 0.6 is 11.8 Å². The van der Waals surface area contributed by atoms with Gasteiger partial charge in [0.05, 0.1) is 5.97 Å². The van der Waals surface area contributed by atoms with Gasteiger partial charge in [-0.05, 0) is 17.7 Å². The topological polar surface area (TPSA) is 40.1 Å². The molecule has 0 aromatic rings. The average Bonchev–Trinajstić information content (AvgIpc) is 1.61. The van der Waals surface area contributed by atoms with Crippen LogP contribution in [0.15, 0.2) is 11.5 Å². The summed E-state index contributed by atoms with van der Waals surface area (Å²) in [5, 5.41) is 11.0. The summed E-state index contributed by atoms with van der Waals surface area (Å²) in [5.74, 6) is -1.14. The van der Waals surface area contributed by atoms with Crippen molar-refractivity contribution in [2.24, 2.45) is 0 Å². The first-order valence-corrected chi connectivity index (χ1v) is 2.96. The van der Waals surface area contributed by atoms with Gasteiger partial charge < -0.3 is 9.90 Å². The third-order valence-corrected chi connectivity index (χ3v) is 0.748. The van der Waals surface area contributed by atoms with Gasteiger partial charge in [-0.1, -0.05) is 0 Å². The fourth-order valence-corrected chi connectivity index (χ4v) is 0.371. The van der Waals surface area contributed by atoms with Gasteiger partial charge >= 0.3 is 29.6 Å². The Bertz CT molecular complexity index is 92.0. The van der Waals surface area contributed by atoms with E-state index in [0.29, 0.717) is 0 Å². The van der Waals surface area contributed by atoms with Crippen LogP contribution in [0, 0.1) is 0 Å². The van der Waals surface area contributed by atoms with E-state index < -0.39 is 5.97 Å². The molecule has 2 nitrogen and oxygen atoms in total. The molecule has 0 aromatic heterocycles. The van der Waals surface area contributed by atoms with Crippen molar-refractivity contribution < 1.29 is 39.5 Å². The Labute approximate surface area is 74.6 Å². The Morgan fingerprint density at radius 2 is 2.25 bits per heavy atom. The first-order valence-electron chi connectivity index (χ1n) is 1.67. The van der Waals surface area contributed by atoms with Crippen molar-refractivity contribution in [2.75, 3.05) is 6.26 Å². The summed E-state index contributed by atoms with van der Waals surface area (Å²) in [6.45, 7) is 0. The van der Waals surface area contributed by atoms with Gasteiger partial charge in [0.25, 0.3) is 0 Å². The summed E-state index contributed by atoms with van der Waals surface area (Å²) in [7, 11) is 0. The number of hydrogen-bond donors (Lipinski definition) is 0. The molecule has 0 aromatic carbocycles. The first kappa shape index (κ1) is 11.4. The minimum absolute atomic E-state index is 0. The molecule has 0 fully saturated rings. The molecule has 0 rings (SSSR count). The summed E-state index contributed by atoms with van der Waals surface area (Å²) in [6, 6.07) is 0. The predicted octanol–water partition coefficient (Wildman–Crippen LogP) is -3.38. The van der Waals surface area contributed by atoms with Gasteiger partial charge in [0.1, 0.15) is 0 Å². The molecule has 0 aliphatic heterocycles. The van der Waals surface area contributed by atoms with Crippen LogP contribution in [0.5, 0.6) is 0 Å². The maximum Gasteiger partial charge on any atom is 1.00 e. The number of thioether (sulfide) groups is 1. The van der Waals surface area contributed by atoms with Crippen molar-refractivity contribution in [1.29, 1.82) is 0 Å².